The van der Waals surface area contributed by atoms with Crippen molar-refractivity contribution in [1.29, 1.82) is 0 Å². The number of para-hydroxylation sites is 2. The number of hydrogen-bond acceptors (Lipinski definition) is 3. The molecule has 0 unspecified atom stereocenters. The highest BCUT2D eigenvalue weighted by Crippen LogP contribution is 2.51. The molecule has 12 rings (SSSR count). The smallest absolute Gasteiger partial charge is 0.143 e. The fourth-order valence-electron chi connectivity index (χ4n) is 8.80. The Kier molecular flexibility index (Phi) is 5.77. The topological polar surface area (TPSA) is 39.4 Å². The molecule has 12 aromatic rings. The van der Waals surface area contributed by atoms with Gasteiger partial charge in [-0.1, -0.05) is 140 Å². The van der Waals surface area contributed by atoms with Gasteiger partial charge >= 0.3 is 0 Å². The Morgan fingerprint density at radius 3 is 1.58 bits per heavy atom. The van der Waals surface area contributed by atoms with Crippen LogP contribution in [0.2, 0.25) is 0 Å². The summed E-state index contributed by atoms with van der Waals surface area (Å²) in [6.45, 7) is 0. The number of benzene rings is 9. The van der Waals surface area contributed by atoms with Crippen molar-refractivity contribution in [3.63, 3.8) is 0 Å². The minimum absolute atomic E-state index is 0.830. The van der Waals surface area contributed by atoms with Crippen LogP contribution >= 0.6 is 0 Å². The zero-order chi connectivity index (χ0) is 34.6. The first-order chi connectivity index (χ1) is 26.3. The van der Waals surface area contributed by atoms with E-state index in [4.69, 9.17) is 13.3 Å². The van der Waals surface area contributed by atoms with E-state index in [1.165, 1.54) is 16.3 Å². The fourth-order valence-corrected chi connectivity index (χ4v) is 8.80. The Morgan fingerprint density at radius 1 is 0.302 bits per heavy atom. The van der Waals surface area contributed by atoms with Crippen molar-refractivity contribution in [2.45, 2.75) is 0 Å². The summed E-state index contributed by atoms with van der Waals surface area (Å²) >= 11 is 0. The molecule has 53 heavy (non-hydrogen) atoms. The van der Waals surface area contributed by atoms with Gasteiger partial charge in [-0.15, -0.1) is 0 Å². The van der Waals surface area contributed by atoms with Gasteiger partial charge in [0.15, 0.2) is 0 Å². The Bertz CT molecular complexity index is 3390. The summed E-state index contributed by atoms with van der Waals surface area (Å²) in [4.78, 5) is 0. The molecule has 0 spiro atoms. The normalized spacial score (nSPS) is 12.2. The first-order valence-electron chi connectivity index (χ1n) is 18.0. The highest BCUT2D eigenvalue weighted by Gasteiger charge is 2.26. The van der Waals surface area contributed by atoms with E-state index in [2.05, 4.69) is 146 Å². The van der Waals surface area contributed by atoms with E-state index in [-0.39, 0.29) is 0 Å². The Hall–Kier alpha value is -7.10. The van der Waals surface area contributed by atoms with Gasteiger partial charge in [0.25, 0.3) is 0 Å². The maximum absolute atomic E-state index is 6.96. The summed E-state index contributed by atoms with van der Waals surface area (Å²) in [5.41, 5.74) is 9.92. The number of hydrogen-bond donors (Lipinski definition) is 0. The lowest BCUT2D eigenvalue weighted by atomic mass is 9.83. The highest BCUT2D eigenvalue weighted by atomic mass is 16.3. The maximum Gasteiger partial charge on any atom is 0.143 e. The molecule has 3 aromatic heterocycles. The first kappa shape index (κ1) is 28.6. The van der Waals surface area contributed by atoms with Gasteiger partial charge in [-0.2, -0.15) is 0 Å². The Balaban J connectivity index is 1.24. The lowest BCUT2D eigenvalue weighted by molar-refractivity contribution is 0.632. The van der Waals surface area contributed by atoms with Crippen molar-refractivity contribution in [2.75, 3.05) is 0 Å². The van der Waals surface area contributed by atoms with Crippen LogP contribution in [-0.2, 0) is 0 Å². The van der Waals surface area contributed by atoms with Crippen molar-refractivity contribution in [3.8, 4) is 33.6 Å². The molecule has 9 aromatic carbocycles. The van der Waals surface area contributed by atoms with Gasteiger partial charge in [-0.3, -0.25) is 0 Å². The minimum atomic E-state index is 0.830. The third kappa shape index (κ3) is 3.99. The van der Waals surface area contributed by atoms with Gasteiger partial charge in [0.2, 0.25) is 0 Å². The van der Waals surface area contributed by atoms with E-state index in [9.17, 15) is 0 Å². The number of fused-ring (bicyclic) bond motifs is 11. The molecule has 0 atom stereocenters. The van der Waals surface area contributed by atoms with Crippen LogP contribution in [-0.4, -0.2) is 0 Å². The summed E-state index contributed by atoms with van der Waals surface area (Å²) < 4.78 is 20.1. The summed E-state index contributed by atoms with van der Waals surface area (Å²) in [6.07, 6.45) is 0. The van der Waals surface area contributed by atoms with E-state index in [1.807, 2.05) is 24.3 Å². The van der Waals surface area contributed by atoms with Crippen LogP contribution < -0.4 is 0 Å². The summed E-state index contributed by atoms with van der Waals surface area (Å²) in [7, 11) is 0. The molecule has 3 heteroatoms. The van der Waals surface area contributed by atoms with E-state index in [1.54, 1.807) is 0 Å². The van der Waals surface area contributed by atoms with Gasteiger partial charge in [-0.05, 0) is 68.4 Å². The molecule has 0 aliphatic rings. The predicted octanol–water partition coefficient (Wildman–Crippen LogP) is 14.7. The number of rotatable bonds is 3. The van der Waals surface area contributed by atoms with Crippen LogP contribution in [0.5, 0.6) is 0 Å². The van der Waals surface area contributed by atoms with Crippen molar-refractivity contribution >= 4 is 87.2 Å². The summed E-state index contributed by atoms with van der Waals surface area (Å²) in [6, 6.07) is 60.0. The maximum atomic E-state index is 6.96. The Morgan fingerprint density at radius 2 is 0.868 bits per heavy atom. The molecular formula is C50H28O3. The third-order valence-corrected chi connectivity index (χ3v) is 11.1. The lowest BCUT2D eigenvalue weighted by Crippen LogP contribution is -1.92. The lowest BCUT2D eigenvalue weighted by Gasteiger charge is -2.19. The molecule has 0 bridgehead atoms. The van der Waals surface area contributed by atoms with Crippen LogP contribution in [0.15, 0.2) is 183 Å². The zero-order valence-electron chi connectivity index (χ0n) is 28.4. The molecule has 0 fully saturated rings. The fraction of sp³-hybridized carbons (Fsp3) is 0. The molecule has 0 saturated carbocycles. The zero-order valence-corrected chi connectivity index (χ0v) is 28.4. The van der Waals surface area contributed by atoms with Gasteiger partial charge < -0.3 is 13.3 Å². The second-order valence-corrected chi connectivity index (χ2v) is 13.9. The molecule has 0 aliphatic heterocycles. The van der Waals surface area contributed by atoms with E-state index < -0.39 is 0 Å². The van der Waals surface area contributed by atoms with E-state index in [0.717, 1.165) is 104 Å². The van der Waals surface area contributed by atoms with Crippen LogP contribution in [0.3, 0.4) is 0 Å². The molecule has 3 heterocycles. The SMILES string of the molecule is c1ccc(-c2oc3cc4c(cc3c2-c2c3ccccc3c(-c3cccc5ccc6c7ccccc7oc6c35)c3ccccc23)oc2ccccc24)cc1. The van der Waals surface area contributed by atoms with Gasteiger partial charge in [0.05, 0.1) is 0 Å². The highest BCUT2D eigenvalue weighted by molar-refractivity contribution is 6.29. The molecule has 3 nitrogen and oxygen atoms in total. The van der Waals surface area contributed by atoms with Crippen molar-refractivity contribution in [3.05, 3.63) is 170 Å². The van der Waals surface area contributed by atoms with Crippen LogP contribution in [0.25, 0.3) is 121 Å². The van der Waals surface area contributed by atoms with Crippen molar-refractivity contribution < 1.29 is 13.3 Å². The van der Waals surface area contributed by atoms with E-state index in [0.29, 0.717) is 0 Å². The van der Waals surface area contributed by atoms with E-state index >= 15 is 0 Å². The second-order valence-electron chi connectivity index (χ2n) is 13.9. The van der Waals surface area contributed by atoms with Gasteiger partial charge in [0, 0.05) is 49.0 Å². The molecular weight excluding hydrogens is 649 g/mol. The second kappa shape index (κ2) is 10.7. The standard InChI is InChI=1S/C50H28O3/c1-2-13-30(14-3-1)49-48(40-28-43-39(27-44(40)53-49)32-17-9-10-23-41(32)51-43)47-35-20-6-4-18-33(35)46(34-19-5-7-21-36(34)47)38-22-12-15-29-25-26-37-31-16-8-11-24-42(31)52-50(37)45(29)38/h1-28H. The molecule has 0 radical (unpaired) electrons. The third-order valence-electron chi connectivity index (χ3n) is 11.1. The average Bonchev–Trinajstić information content (AvgIpc) is 3.90. The summed E-state index contributed by atoms with van der Waals surface area (Å²) in [5.74, 6) is 0.842. The quantitative estimate of drug-likeness (QED) is 0.175. The van der Waals surface area contributed by atoms with Gasteiger partial charge in [-0.25, -0.2) is 0 Å². The monoisotopic (exact) mass is 676 g/mol. The largest absolute Gasteiger partial charge is 0.456 e. The number of furan rings is 3. The van der Waals surface area contributed by atoms with Crippen LogP contribution in [0, 0.1) is 0 Å². The molecule has 0 saturated heterocycles. The van der Waals surface area contributed by atoms with Gasteiger partial charge in [0.1, 0.15) is 33.7 Å². The van der Waals surface area contributed by atoms with Crippen LogP contribution in [0.4, 0.5) is 0 Å². The molecule has 0 N–H and O–H groups in total. The Labute approximate surface area is 302 Å². The van der Waals surface area contributed by atoms with Crippen molar-refractivity contribution in [2.24, 2.45) is 0 Å². The minimum Gasteiger partial charge on any atom is -0.456 e. The molecule has 246 valence electrons. The predicted molar refractivity (Wildman–Crippen MR) is 220 cm³/mol. The molecule has 0 aliphatic carbocycles. The first-order valence-corrected chi connectivity index (χ1v) is 18.0. The average molecular weight is 677 g/mol. The summed E-state index contributed by atoms with van der Waals surface area (Å²) in [5, 5.41) is 12.3. The molecule has 0 amide bonds. The van der Waals surface area contributed by atoms with Crippen LogP contribution in [0.1, 0.15) is 0 Å². The van der Waals surface area contributed by atoms with Crippen molar-refractivity contribution in [1.82, 2.24) is 0 Å².